The van der Waals surface area contributed by atoms with Crippen LogP contribution in [0.2, 0.25) is 18.1 Å². The molecule has 4 nitrogen and oxygen atoms in total. The molecular weight excluding hydrogens is 223 g/mol. The summed E-state index contributed by atoms with van der Waals surface area (Å²) >= 11 is 0. The number of carbonyl (C=O) groups excluding carboxylic acids is 1. The van der Waals surface area contributed by atoms with Crippen molar-refractivity contribution in [1.29, 1.82) is 0 Å². The fourth-order valence-electron chi connectivity index (χ4n) is 1.69. The average Bonchev–Trinajstić information content (AvgIpc) is 2.45. The molecule has 1 fully saturated rings. The smallest absolute Gasteiger partial charge is 0.311 e. The van der Waals surface area contributed by atoms with Crippen LogP contribution in [-0.4, -0.2) is 39.8 Å². The van der Waals surface area contributed by atoms with Gasteiger partial charge in [0.15, 0.2) is 8.32 Å². The summed E-state index contributed by atoms with van der Waals surface area (Å²) in [4.78, 5) is 21.7. The molecule has 1 aliphatic heterocycles. The van der Waals surface area contributed by atoms with Crippen LogP contribution in [-0.2, 0) is 14.2 Å². The van der Waals surface area contributed by atoms with E-state index in [0.29, 0.717) is 6.42 Å². The summed E-state index contributed by atoms with van der Waals surface area (Å²) in [7, 11) is 2.80. The van der Waals surface area contributed by atoms with Crippen molar-refractivity contribution in [2.45, 2.75) is 44.5 Å². The predicted octanol–water partition coefficient (Wildman–Crippen LogP) is 0.996. The molecule has 90 valence electrons. The third-order valence-electron chi connectivity index (χ3n) is 3.70. The molecule has 1 N–H and O–H groups in total. The Morgan fingerprint density at radius 1 is 1.62 bits per heavy atom. The van der Waals surface area contributed by atoms with E-state index in [1.165, 1.54) is 0 Å². The minimum Gasteiger partial charge on any atom is -0.463 e. The molecule has 0 bridgehead atoms. The van der Waals surface area contributed by atoms with E-state index in [9.17, 15) is 9.59 Å². The number of carbonyl (C=O) groups is 1. The van der Waals surface area contributed by atoms with Crippen molar-refractivity contribution in [3.05, 3.63) is 0 Å². The molecule has 0 aliphatic carbocycles. The van der Waals surface area contributed by atoms with Crippen LogP contribution in [0.15, 0.2) is 0 Å². The summed E-state index contributed by atoms with van der Waals surface area (Å²) in [6, 6.07) is 0. The van der Waals surface area contributed by atoms with E-state index in [0.717, 1.165) is 0 Å². The monoisotopic (exact) mass is 242 g/mol. The second kappa shape index (κ2) is 4.51. The van der Waals surface area contributed by atoms with Gasteiger partial charge in [0, 0.05) is 0 Å². The summed E-state index contributed by atoms with van der Waals surface area (Å²) in [5.74, 6) is -0.638. The van der Waals surface area contributed by atoms with Crippen LogP contribution in [0.1, 0.15) is 20.3 Å². The number of hydrogen-bond acceptors (Lipinski definition) is 4. The van der Waals surface area contributed by atoms with Crippen molar-refractivity contribution in [2.24, 2.45) is 5.92 Å². The molecule has 16 heavy (non-hydrogen) atoms. The molecule has 0 aromatic carbocycles. The highest BCUT2D eigenvalue weighted by molar-refractivity contribution is 6.72. The quantitative estimate of drug-likeness (QED) is 0.590. The minimum atomic E-state index is -2.33. The molecular formula is C10H19BO4Si. The highest BCUT2D eigenvalue weighted by atomic mass is 28.4. The van der Waals surface area contributed by atoms with Gasteiger partial charge >= 0.3 is 5.97 Å². The van der Waals surface area contributed by atoms with E-state index in [4.69, 9.17) is 17.4 Å². The maximum absolute atomic E-state index is 11.5. The zero-order valence-electron chi connectivity index (χ0n) is 10.3. The standard InChI is InChI=1S/C10H19BO4Si/c1-10(2,16(3,4)13)5-7-8(15-11)6-14-9(7)12/h7-8,13H,5-6H2,1-4H3/t7-,8-/m0/s1. The molecule has 1 rings (SSSR count). The van der Waals surface area contributed by atoms with Gasteiger partial charge in [-0.15, -0.1) is 0 Å². The zero-order valence-corrected chi connectivity index (χ0v) is 11.3. The predicted molar refractivity (Wildman–Crippen MR) is 63.4 cm³/mol. The van der Waals surface area contributed by atoms with Crippen LogP contribution in [0.4, 0.5) is 0 Å². The van der Waals surface area contributed by atoms with E-state index in [1.54, 1.807) is 0 Å². The first kappa shape index (κ1) is 13.7. The molecule has 2 atom stereocenters. The lowest BCUT2D eigenvalue weighted by molar-refractivity contribution is -0.141. The van der Waals surface area contributed by atoms with Crippen LogP contribution < -0.4 is 0 Å². The Labute approximate surface area is 98.9 Å². The summed E-state index contributed by atoms with van der Waals surface area (Å²) < 4.78 is 9.66. The summed E-state index contributed by atoms with van der Waals surface area (Å²) in [5, 5.41) is -0.280. The average molecular weight is 242 g/mol. The van der Waals surface area contributed by atoms with E-state index < -0.39 is 8.32 Å². The van der Waals surface area contributed by atoms with Gasteiger partial charge in [0.2, 0.25) is 0 Å². The molecule has 1 saturated heterocycles. The summed E-state index contributed by atoms with van der Waals surface area (Å²) in [6.07, 6.45) is 0.159. The Morgan fingerprint density at radius 2 is 2.19 bits per heavy atom. The molecule has 6 heteroatoms. The van der Waals surface area contributed by atoms with Crippen molar-refractivity contribution in [2.75, 3.05) is 6.61 Å². The summed E-state index contributed by atoms with van der Waals surface area (Å²) in [6.45, 7) is 7.89. The SMILES string of the molecule is [B]O[C@H]1COC(=O)[C@H]1CC(C)(C)[Si](C)(C)O. The van der Waals surface area contributed by atoms with Gasteiger partial charge in [-0.3, -0.25) is 4.79 Å². The fraction of sp³-hybridized carbons (Fsp3) is 0.900. The second-order valence-corrected chi connectivity index (χ2v) is 10.0. The van der Waals surface area contributed by atoms with Crippen LogP contribution in [0.5, 0.6) is 0 Å². The minimum absolute atomic E-state index is 0.212. The van der Waals surface area contributed by atoms with Gasteiger partial charge in [0.1, 0.15) is 6.61 Å². The fourth-order valence-corrected chi connectivity index (χ4v) is 2.41. The Kier molecular flexibility index (Phi) is 3.87. The zero-order chi connectivity index (χ0) is 12.6. The molecule has 0 unspecified atom stereocenters. The molecule has 0 aromatic heterocycles. The van der Waals surface area contributed by atoms with Crippen molar-refractivity contribution < 1.29 is 19.0 Å². The van der Waals surface area contributed by atoms with Crippen molar-refractivity contribution >= 4 is 22.3 Å². The van der Waals surface area contributed by atoms with E-state index in [-0.39, 0.29) is 29.6 Å². The van der Waals surface area contributed by atoms with Crippen LogP contribution in [0.25, 0.3) is 0 Å². The maximum atomic E-state index is 11.5. The molecule has 0 saturated carbocycles. The van der Waals surface area contributed by atoms with Crippen molar-refractivity contribution in [3.8, 4) is 0 Å². The lowest BCUT2D eigenvalue weighted by Gasteiger charge is -2.37. The first-order valence-corrected chi connectivity index (χ1v) is 8.38. The van der Waals surface area contributed by atoms with Gasteiger partial charge in [0.25, 0.3) is 8.05 Å². The van der Waals surface area contributed by atoms with E-state index in [1.807, 2.05) is 26.9 Å². The number of cyclic esters (lactones) is 1. The normalized spacial score (nSPS) is 26.9. The number of rotatable bonds is 4. The number of hydrogen-bond donors (Lipinski definition) is 1. The van der Waals surface area contributed by atoms with Crippen molar-refractivity contribution in [1.82, 2.24) is 0 Å². The Morgan fingerprint density at radius 3 is 2.62 bits per heavy atom. The lowest BCUT2D eigenvalue weighted by atomic mass is 9.93. The Balaban J connectivity index is 2.76. The second-order valence-electron chi connectivity index (χ2n) is 5.56. The number of esters is 1. The van der Waals surface area contributed by atoms with E-state index in [2.05, 4.69) is 0 Å². The molecule has 1 heterocycles. The first-order valence-electron chi connectivity index (χ1n) is 5.43. The number of ether oxygens (including phenoxy) is 1. The Bertz CT molecular complexity index is 274. The first-order chi connectivity index (χ1) is 7.19. The van der Waals surface area contributed by atoms with Gasteiger partial charge in [-0.25, -0.2) is 0 Å². The molecule has 1 aliphatic rings. The van der Waals surface area contributed by atoms with Gasteiger partial charge in [-0.05, 0) is 24.6 Å². The van der Waals surface area contributed by atoms with Crippen LogP contribution in [0, 0.1) is 5.92 Å². The molecule has 2 radical (unpaired) electrons. The molecule has 0 amide bonds. The van der Waals surface area contributed by atoms with Crippen molar-refractivity contribution in [3.63, 3.8) is 0 Å². The van der Waals surface area contributed by atoms with Crippen LogP contribution in [0.3, 0.4) is 0 Å². The van der Waals surface area contributed by atoms with Gasteiger partial charge < -0.3 is 14.2 Å². The largest absolute Gasteiger partial charge is 0.463 e. The highest BCUT2D eigenvalue weighted by Gasteiger charge is 2.46. The third-order valence-corrected chi connectivity index (χ3v) is 7.22. The lowest BCUT2D eigenvalue weighted by Crippen LogP contribution is -2.42. The van der Waals surface area contributed by atoms with E-state index >= 15 is 0 Å². The molecule has 0 spiro atoms. The summed E-state index contributed by atoms with van der Waals surface area (Å²) in [5.41, 5.74) is 0. The van der Waals surface area contributed by atoms with Gasteiger partial charge in [-0.1, -0.05) is 13.8 Å². The maximum Gasteiger partial charge on any atom is 0.311 e. The van der Waals surface area contributed by atoms with Gasteiger partial charge in [0.05, 0.1) is 12.0 Å². The third kappa shape index (κ3) is 2.67. The topological polar surface area (TPSA) is 55.8 Å². The Hall–Kier alpha value is -0.328. The van der Waals surface area contributed by atoms with Gasteiger partial charge in [-0.2, -0.15) is 0 Å². The molecule has 0 aromatic rings. The van der Waals surface area contributed by atoms with Crippen LogP contribution >= 0.6 is 0 Å². The highest BCUT2D eigenvalue weighted by Crippen LogP contribution is 2.43.